The molecule has 8 nitrogen and oxygen atoms in total. The molecule has 1 heterocycles. The molecule has 2 aromatic rings. The molecule has 0 saturated carbocycles. The lowest BCUT2D eigenvalue weighted by Gasteiger charge is -2.56. The first-order valence-electron chi connectivity index (χ1n) is 17.4. The molecule has 48 heavy (non-hydrogen) atoms. The molecule has 1 aliphatic heterocycles. The highest BCUT2D eigenvalue weighted by atomic mass is 16.2. The highest BCUT2D eigenvalue weighted by molar-refractivity contribution is 5.95. The molecule has 1 saturated heterocycles. The lowest BCUT2D eigenvalue weighted by atomic mass is 9.57. The SMILES string of the molecule is CC(=C[C@H](C(C)C)N(C)C(=O)[C@@](C)(N(C)C(=O)[C@H](N)Cc1ccccc1)C(C)(C)C(C)(C)C)C(=O)N1CCN(Cc2ccccc2)CC1. The molecule has 2 N–H and O–H groups in total. The van der Waals surface area contributed by atoms with E-state index in [0.29, 0.717) is 25.1 Å². The van der Waals surface area contributed by atoms with Crippen LogP contribution in [0.2, 0.25) is 0 Å². The fraction of sp³-hybridized carbons (Fsp3) is 0.575. The van der Waals surface area contributed by atoms with E-state index in [4.69, 9.17) is 5.73 Å². The number of amides is 3. The van der Waals surface area contributed by atoms with Crippen LogP contribution in [-0.4, -0.2) is 95.2 Å². The van der Waals surface area contributed by atoms with E-state index in [0.717, 1.165) is 25.2 Å². The first kappa shape index (κ1) is 39.0. The molecule has 3 atom stereocenters. The Hall–Kier alpha value is -3.49. The molecule has 3 amide bonds. The standard InChI is InChI=1S/C40H61N5O3/c1-29(2)34(26-30(3)35(46)45-24-22-44(23-25-45)28-32-20-16-13-17-21-32)42(10)37(48)40(9,39(7,8)38(4,5)6)43(11)36(47)33(41)27-31-18-14-12-15-19-31/h12-21,26,29,33-34H,22-25,27-28,41H2,1-11H3/t33-,34-,40-/m1/s1. The minimum absolute atomic E-state index is 0.00201. The van der Waals surface area contributed by atoms with Gasteiger partial charge in [0, 0.05) is 57.8 Å². The quantitative estimate of drug-likeness (QED) is 0.299. The predicted molar refractivity (Wildman–Crippen MR) is 196 cm³/mol. The van der Waals surface area contributed by atoms with Gasteiger partial charge in [-0.15, -0.1) is 0 Å². The second kappa shape index (κ2) is 15.8. The lowest BCUT2D eigenvalue weighted by Crippen LogP contribution is -2.70. The zero-order valence-electron chi connectivity index (χ0n) is 31.4. The van der Waals surface area contributed by atoms with Gasteiger partial charge in [0.05, 0.1) is 12.1 Å². The normalized spacial score (nSPS) is 17.4. The average Bonchev–Trinajstić information content (AvgIpc) is 3.05. The van der Waals surface area contributed by atoms with Crippen molar-refractivity contribution in [2.75, 3.05) is 40.3 Å². The maximum Gasteiger partial charge on any atom is 0.249 e. The molecule has 0 radical (unpaired) electrons. The molecule has 1 fully saturated rings. The predicted octanol–water partition coefficient (Wildman–Crippen LogP) is 5.62. The molecule has 0 aliphatic carbocycles. The summed E-state index contributed by atoms with van der Waals surface area (Å²) in [6, 6.07) is 18.9. The van der Waals surface area contributed by atoms with E-state index in [-0.39, 0.29) is 35.1 Å². The fourth-order valence-electron chi connectivity index (χ4n) is 6.74. The largest absolute Gasteiger partial charge is 0.337 e. The highest BCUT2D eigenvalue weighted by Crippen LogP contribution is 2.50. The molecule has 2 aromatic carbocycles. The van der Waals surface area contributed by atoms with Gasteiger partial charge in [-0.1, -0.05) is 115 Å². The zero-order valence-corrected chi connectivity index (χ0v) is 31.4. The van der Waals surface area contributed by atoms with Crippen LogP contribution in [0.5, 0.6) is 0 Å². The van der Waals surface area contributed by atoms with Gasteiger partial charge in [-0.05, 0) is 42.7 Å². The summed E-state index contributed by atoms with van der Waals surface area (Å²) in [6.45, 7) is 22.1. The summed E-state index contributed by atoms with van der Waals surface area (Å²) in [5, 5.41) is 0. The monoisotopic (exact) mass is 659 g/mol. The van der Waals surface area contributed by atoms with Crippen molar-refractivity contribution in [2.45, 2.75) is 92.9 Å². The Kier molecular flexibility index (Phi) is 12.8. The van der Waals surface area contributed by atoms with Crippen molar-refractivity contribution in [3.05, 3.63) is 83.4 Å². The topological polar surface area (TPSA) is 90.2 Å². The van der Waals surface area contributed by atoms with Crippen LogP contribution in [0.4, 0.5) is 0 Å². The Morgan fingerprint density at radius 1 is 0.833 bits per heavy atom. The van der Waals surface area contributed by atoms with Crippen molar-refractivity contribution in [2.24, 2.45) is 22.5 Å². The maximum atomic E-state index is 14.9. The lowest BCUT2D eigenvalue weighted by molar-refractivity contribution is -0.168. The number of piperazine rings is 1. The van der Waals surface area contributed by atoms with Crippen LogP contribution in [0.15, 0.2) is 72.3 Å². The summed E-state index contributed by atoms with van der Waals surface area (Å²) in [5.74, 6) is -0.449. The molecule has 0 aromatic heterocycles. The molecule has 0 unspecified atom stereocenters. The van der Waals surface area contributed by atoms with Gasteiger partial charge in [-0.25, -0.2) is 0 Å². The van der Waals surface area contributed by atoms with Gasteiger partial charge in [0.2, 0.25) is 17.7 Å². The minimum atomic E-state index is -1.25. The number of likely N-dealkylation sites (N-methyl/N-ethyl adjacent to an activating group) is 2. The van der Waals surface area contributed by atoms with Gasteiger partial charge in [-0.3, -0.25) is 19.3 Å². The van der Waals surface area contributed by atoms with E-state index in [1.54, 1.807) is 23.9 Å². The van der Waals surface area contributed by atoms with Crippen LogP contribution in [0.1, 0.15) is 73.4 Å². The summed E-state index contributed by atoms with van der Waals surface area (Å²) < 4.78 is 0. The number of hydrogen-bond acceptors (Lipinski definition) is 5. The third kappa shape index (κ3) is 8.56. The molecule has 0 bridgehead atoms. The second-order valence-electron chi connectivity index (χ2n) is 15.7. The summed E-state index contributed by atoms with van der Waals surface area (Å²) in [6.07, 6.45) is 2.31. The molecular formula is C40H61N5O3. The van der Waals surface area contributed by atoms with Crippen LogP contribution in [0.3, 0.4) is 0 Å². The Labute approximate surface area is 290 Å². The van der Waals surface area contributed by atoms with Gasteiger partial charge in [0.1, 0.15) is 5.54 Å². The maximum absolute atomic E-state index is 14.9. The van der Waals surface area contributed by atoms with Gasteiger partial charge in [-0.2, -0.15) is 0 Å². The van der Waals surface area contributed by atoms with E-state index < -0.39 is 17.0 Å². The van der Waals surface area contributed by atoms with E-state index in [2.05, 4.69) is 77.6 Å². The van der Waals surface area contributed by atoms with E-state index in [1.165, 1.54) is 5.56 Å². The number of rotatable bonds is 12. The van der Waals surface area contributed by atoms with Crippen molar-refractivity contribution in [3.8, 4) is 0 Å². The van der Waals surface area contributed by atoms with Crippen molar-refractivity contribution in [1.29, 1.82) is 0 Å². The number of nitrogens with two attached hydrogens (primary N) is 1. The summed E-state index contributed by atoms with van der Waals surface area (Å²) in [7, 11) is 3.50. The Morgan fingerprint density at radius 3 is 1.81 bits per heavy atom. The zero-order chi connectivity index (χ0) is 36.0. The van der Waals surface area contributed by atoms with Crippen LogP contribution < -0.4 is 5.73 Å². The Morgan fingerprint density at radius 2 is 1.33 bits per heavy atom. The molecule has 3 rings (SSSR count). The van der Waals surface area contributed by atoms with E-state index in [9.17, 15) is 14.4 Å². The summed E-state index contributed by atoms with van der Waals surface area (Å²) >= 11 is 0. The Balaban J connectivity index is 1.85. The van der Waals surface area contributed by atoms with Crippen molar-refractivity contribution in [1.82, 2.24) is 19.6 Å². The third-order valence-electron chi connectivity index (χ3n) is 11.2. The molecular weight excluding hydrogens is 598 g/mol. The highest BCUT2D eigenvalue weighted by Gasteiger charge is 2.58. The molecule has 8 heteroatoms. The number of hydrogen-bond donors (Lipinski definition) is 1. The molecule has 264 valence electrons. The summed E-state index contributed by atoms with van der Waals surface area (Å²) in [5.41, 5.74) is 7.12. The second-order valence-corrected chi connectivity index (χ2v) is 15.7. The van der Waals surface area contributed by atoms with Crippen molar-refractivity contribution >= 4 is 17.7 Å². The fourth-order valence-corrected chi connectivity index (χ4v) is 6.74. The van der Waals surface area contributed by atoms with Gasteiger partial charge >= 0.3 is 0 Å². The van der Waals surface area contributed by atoms with Crippen LogP contribution in [0.25, 0.3) is 0 Å². The van der Waals surface area contributed by atoms with Crippen molar-refractivity contribution in [3.63, 3.8) is 0 Å². The van der Waals surface area contributed by atoms with Gasteiger partial charge in [0.25, 0.3) is 0 Å². The minimum Gasteiger partial charge on any atom is -0.337 e. The third-order valence-corrected chi connectivity index (χ3v) is 11.2. The van der Waals surface area contributed by atoms with Crippen LogP contribution >= 0.6 is 0 Å². The number of nitrogens with zero attached hydrogens (tertiary/aromatic N) is 4. The molecule has 1 aliphatic rings. The van der Waals surface area contributed by atoms with E-state index >= 15 is 0 Å². The first-order chi connectivity index (χ1) is 22.3. The van der Waals surface area contributed by atoms with Crippen molar-refractivity contribution < 1.29 is 14.4 Å². The first-order valence-corrected chi connectivity index (χ1v) is 17.4. The van der Waals surface area contributed by atoms with Gasteiger partial charge < -0.3 is 20.4 Å². The average molecular weight is 660 g/mol. The molecule has 0 spiro atoms. The smallest absolute Gasteiger partial charge is 0.249 e. The summed E-state index contributed by atoms with van der Waals surface area (Å²) in [4.78, 5) is 50.3. The Bertz CT molecular complexity index is 1410. The van der Waals surface area contributed by atoms with Crippen LogP contribution in [0, 0.1) is 16.7 Å². The van der Waals surface area contributed by atoms with Gasteiger partial charge in [0.15, 0.2) is 0 Å². The van der Waals surface area contributed by atoms with Crippen LogP contribution in [-0.2, 0) is 27.3 Å². The van der Waals surface area contributed by atoms with E-state index in [1.807, 2.05) is 61.2 Å². The number of carbonyl (C=O) groups is 3. The number of benzene rings is 2. The number of carbonyl (C=O) groups excluding carboxylic acids is 3.